The standard InChI is InChI=1S/C12H17BrN2O2/c1-9-5-6-10(13)8-11(9)17-7-3-2-4-12(14)15-16/h5-6,8,16H,2-4,7H2,1H3,(H2,14,15). The number of nitrogens with two attached hydrogens (primary N) is 1. The van der Waals surface area contributed by atoms with E-state index >= 15 is 0 Å². The summed E-state index contributed by atoms with van der Waals surface area (Å²) < 4.78 is 6.67. The van der Waals surface area contributed by atoms with Crippen LogP contribution in [0, 0.1) is 6.92 Å². The molecule has 0 bridgehead atoms. The van der Waals surface area contributed by atoms with Gasteiger partial charge in [-0.2, -0.15) is 0 Å². The van der Waals surface area contributed by atoms with Gasteiger partial charge >= 0.3 is 0 Å². The molecule has 0 spiro atoms. The molecule has 17 heavy (non-hydrogen) atoms. The van der Waals surface area contributed by atoms with E-state index in [1.54, 1.807) is 0 Å². The molecule has 0 fully saturated rings. The van der Waals surface area contributed by atoms with Crippen LogP contribution in [0.4, 0.5) is 0 Å². The first-order valence-corrected chi connectivity index (χ1v) is 6.28. The number of amidine groups is 1. The highest BCUT2D eigenvalue weighted by molar-refractivity contribution is 9.10. The van der Waals surface area contributed by atoms with E-state index in [1.165, 1.54) is 0 Å². The number of oxime groups is 1. The lowest BCUT2D eigenvalue weighted by Crippen LogP contribution is -2.11. The number of aryl methyl sites for hydroxylation is 1. The van der Waals surface area contributed by atoms with Crippen LogP contribution < -0.4 is 10.5 Å². The van der Waals surface area contributed by atoms with Crippen molar-refractivity contribution in [3.05, 3.63) is 28.2 Å². The first-order valence-electron chi connectivity index (χ1n) is 5.49. The van der Waals surface area contributed by atoms with Crippen LogP contribution in [-0.2, 0) is 0 Å². The minimum atomic E-state index is 0.267. The average Bonchev–Trinajstić information content (AvgIpc) is 2.32. The molecule has 5 heteroatoms. The van der Waals surface area contributed by atoms with Crippen LogP contribution in [0.15, 0.2) is 27.8 Å². The summed E-state index contributed by atoms with van der Waals surface area (Å²) in [6.45, 7) is 2.65. The fourth-order valence-corrected chi connectivity index (χ4v) is 1.71. The van der Waals surface area contributed by atoms with E-state index in [0.29, 0.717) is 13.0 Å². The SMILES string of the molecule is Cc1ccc(Br)cc1OCCCC/C(N)=N/O. The zero-order valence-corrected chi connectivity index (χ0v) is 11.4. The van der Waals surface area contributed by atoms with Gasteiger partial charge in [0.2, 0.25) is 0 Å². The van der Waals surface area contributed by atoms with Gasteiger partial charge in [0.05, 0.1) is 6.61 Å². The lowest BCUT2D eigenvalue weighted by atomic mass is 10.2. The Morgan fingerprint density at radius 2 is 2.24 bits per heavy atom. The van der Waals surface area contributed by atoms with Crippen LogP contribution >= 0.6 is 15.9 Å². The van der Waals surface area contributed by atoms with Crippen molar-refractivity contribution in [1.82, 2.24) is 0 Å². The van der Waals surface area contributed by atoms with Crippen molar-refractivity contribution in [2.24, 2.45) is 10.9 Å². The van der Waals surface area contributed by atoms with Crippen LogP contribution in [0.5, 0.6) is 5.75 Å². The van der Waals surface area contributed by atoms with Gasteiger partial charge < -0.3 is 15.7 Å². The van der Waals surface area contributed by atoms with E-state index in [2.05, 4.69) is 21.1 Å². The Morgan fingerprint density at radius 3 is 2.94 bits per heavy atom. The van der Waals surface area contributed by atoms with Crippen LogP contribution in [0.3, 0.4) is 0 Å². The highest BCUT2D eigenvalue weighted by Gasteiger charge is 2.00. The third-order valence-corrected chi connectivity index (χ3v) is 2.86. The van der Waals surface area contributed by atoms with E-state index in [1.807, 2.05) is 25.1 Å². The molecule has 0 saturated heterocycles. The van der Waals surface area contributed by atoms with Crippen molar-refractivity contribution in [3.63, 3.8) is 0 Å². The number of unbranched alkanes of at least 4 members (excludes halogenated alkanes) is 1. The average molecular weight is 301 g/mol. The summed E-state index contributed by atoms with van der Waals surface area (Å²) >= 11 is 3.41. The van der Waals surface area contributed by atoms with Crippen LogP contribution in [0.25, 0.3) is 0 Å². The van der Waals surface area contributed by atoms with Gasteiger partial charge in [0.25, 0.3) is 0 Å². The predicted octanol–water partition coefficient (Wildman–Crippen LogP) is 3.05. The Kier molecular flexibility index (Phi) is 5.83. The maximum Gasteiger partial charge on any atom is 0.139 e. The van der Waals surface area contributed by atoms with Gasteiger partial charge in [-0.25, -0.2) is 0 Å². The van der Waals surface area contributed by atoms with Crippen molar-refractivity contribution in [2.45, 2.75) is 26.2 Å². The number of benzene rings is 1. The number of nitrogens with zero attached hydrogens (tertiary/aromatic N) is 1. The molecule has 0 atom stereocenters. The molecule has 0 radical (unpaired) electrons. The molecule has 0 aliphatic rings. The number of hydrogen-bond acceptors (Lipinski definition) is 3. The Hall–Kier alpha value is -1.23. The number of rotatable bonds is 6. The third-order valence-electron chi connectivity index (χ3n) is 2.36. The predicted molar refractivity (Wildman–Crippen MR) is 71.6 cm³/mol. The first kappa shape index (κ1) is 13.8. The van der Waals surface area contributed by atoms with Gasteiger partial charge in [-0.05, 0) is 37.5 Å². The summed E-state index contributed by atoms with van der Waals surface area (Å²) in [4.78, 5) is 0. The topological polar surface area (TPSA) is 67.8 Å². The first-order chi connectivity index (χ1) is 8.13. The second-order valence-corrected chi connectivity index (χ2v) is 4.72. The Labute approximate surface area is 110 Å². The second kappa shape index (κ2) is 7.17. The number of halogens is 1. The zero-order chi connectivity index (χ0) is 12.7. The molecule has 0 saturated carbocycles. The van der Waals surface area contributed by atoms with Gasteiger partial charge in [0.1, 0.15) is 11.6 Å². The lowest BCUT2D eigenvalue weighted by Gasteiger charge is -2.09. The van der Waals surface area contributed by atoms with Gasteiger partial charge in [-0.1, -0.05) is 27.2 Å². The molecule has 3 N–H and O–H groups in total. The number of ether oxygens (including phenoxy) is 1. The molecular formula is C12H17BrN2O2. The summed E-state index contributed by atoms with van der Waals surface area (Å²) in [6.07, 6.45) is 2.32. The smallest absolute Gasteiger partial charge is 0.139 e. The highest BCUT2D eigenvalue weighted by atomic mass is 79.9. The number of hydrogen-bond donors (Lipinski definition) is 2. The molecule has 0 heterocycles. The minimum absolute atomic E-state index is 0.267. The zero-order valence-electron chi connectivity index (χ0n) is 9.82. The van der Waals surface area contributed by atoms with E-state index < -0.39 is 0 Å². The summed E-state index contributed by atoms with van der Waals surface area (Å²) in [5.41, 5.74) is 6.48. The lowest BCUT2D eigenvalue weighted by molar-refractivity contribution is 0.303. The highest BCUT2D eigenvalue weighted by Crippen LogP contribution is 2.23. The Bertz CT molecular complexity index is 394. The van der Waals surface area contributed by atoms with Gasteiger partial charge in [0.15, 0.2) is 0 Å². The molecule has 0 aliphatic carbocycles. The molecular weight excluding hydrogens is 284 g/mol. The van der Waals surface area contributed by atoms with E-state index in [9.17, 15) is 0 Å². The molecule has 0 unspecified atom stereocenters. The summed E-state index contributed by atoms with van der Waals surface area (Å²) in [7, 11) is 0. The van der Waals surface area contributed by atoms with E-state index in [4.69, 9.17) is 15.7 Å². The van der Waals surface area contributed by atoms with Crippen molar-refractivity contribution in [3.8, 4) is 5.75 Å². The van der Waals surface area contributed by atoms with Crippen LogP contribution in [0.2, 0.25) is 0 Å². The molecule has 1 aromatic rings. The molecule has 4 nitrogen and oxygen atoms in total. The maximum atomic E-state index is 8.36. The van der Waals surface area contributed by atoms with Gasteiger partial charge in [0, 0.05) is 10.9 Å². The third kappa shape index (κ3) is 5.08. The van der Waals surface area contributed by atoms with Crippen molar-refractivity contribution < 1.29 is 9.94 Å². The molecule has 0 aromatic heterocycles. The largest absolute Gasteiger partial charge is 0.493 e. The van der Waals surface area contributed by atoms with Gasteiger partial charge in [-0.3, -0.25) is 0 Å². The Morgan fingerprint density at radius 1 is 1.47 bits per heavy atom. The van der Waals surface area contributed by atoms with Crippen LogP contribution in [0.1, 0.15) is 24.8 Å². The van der Waals surface area contributed by atoms with Crippen molar-refractivity contribution >= 4 is 21.8 Å². The molecule has 94 valence electrons. The minimum Gasteiger partial charge on any atom is -0.493 e. The fourth-order valence-electron chi connectivity index (χ4n) is 1.37. The van der Waals surface area contributed by atoms with Crippen molar-refractivity contribution in [2.75, 3.05) is 6.61 Å². The second-order valence-electron chi connectivity index (χ2n) is 3.81. The van der Waals surface area contributed by atoms with E-state index in [-0.39, 0.29) is 5.84 Å². The fraction of sp³-hybridized carbons (Fsp3) is 0.417. The van der Waals surface area contributed by atoms with Crippen LogP contribution in [-0.4, -0.2) is 17.6 Å². The molecule has 1 aromatic carbocycles. The normalized spacial score (nSPS) is 11.5. The Balaban J connectivity index is 2.29. The summed E-state index contributed by atoms with van der Waals surface area (Å²) in [6, 6.07) is 5.95. The molecule has 1 rings (SSSR count). The molecule has 0 amide bonds. The van der Waals surface area contributed by atoms with E-state index in [0.717, 1.165) is 28.6 Å². The summed E-state index contributed by atoms with van der Waals surface area (Å²) in [5.74, 6) is 1.16. The monoisotopic (exact) mass is 300 g/mol. The maximum absolute atomic E-state index is 8.36. The molecule has 0 aliphatic heterocycles. The van der Waals surface area contributed by atoms with Gasteiger partial charge in [-0.15, -0.1) is 0 Å². The van der Waals surface area contributed by atoms with Crippen molar-refractivity contribution in [1.29, 1.82) is 0 Å². The quantitative estimate of drug-likeness (QED) is 0.279. The summed E-state index contributed by atoms with van der Waals surface area (Å²) in [5, 5.41) is 11.3.